The van der Waals surface area contributed by atoms with Crippen LogP contribution in [0.4, 0.5) is 0 Å². The minimum atomic E-state index is -0.810. The van der Waals surface area contributed by atoms with Crippen molar-refractivity contribution < 1.29 is 24.0 Å². The Labute approximate surface area is 377 Å². The van der Waals surface area contributed by atoms with Gasteiger partial charge in [0.2, 0.25) is 23.6 Å². The van der Waals surface area contributed by atoms with E-state index < -0.39 is 17.9 Å². The number of carbonyl (C=O) groups is 5. The molecule has 0 bridgehead atoms. The van der Waals surface area contributed by atoms with Crippen LogP contribution in [0.15, 0.2) is 91.1 Å². The van der Waals surface area contributed by atoms with Gasteiger partial charge in [0.05, 0.1) is 24.6 Å². The largest absolute Gasteiger partial charge is 0.354 e. The van der Waals surface area contributed by atoms with Crippen LogP contribution in [0.1, 0.15) is 131 Å². The molecule has 1 saturated heterocycles. The van der Waals surface area contributed by atoms with Gasteiger partial charge in [-0.1, -0.05) is 143 Å². The summed E-state index contributed by atoms with van der Waals surface area (Å²) in [6.07, 6.45) is 14.3. The molecule has 0 spiro atoms. The molecular formula is C51H66N8O5. The van der Waals surface area contributed by atoms with Crippen molar-refractivity contribution in [3.8, 4) is 11.3 Å². The van der Waals surface area contributed by atoms with E-state index in [1.54, 1.807) is 40.0 Å². The molecule has 7 rings (SSSR count). The molecule has 340 valence electrons. The monoisotopic (exact) mass is 871 g/mol. The number of nitrogens with one attached hydrogen (secondary N) is 4. The number of nitrogens with zero attached hydrogens (tertiary/aromatic N) is 4. The lowest BCUT2D eigenvalue weighted by molar-refractivity contribution is -0.133. The lowest BCUT2D eigenvalue weighted by Crippen LogP contribution is -2.49. The Morgan fingerprint density at radius 2 is 1.22 bits per heavy atom. The Morgan fingerprint density at radius 1 is 0.672 bits per heavy atom. The quantitative estimate of drug-likeness (QED) is 0.0556. The Morgan fingerprint density at radius 3 is 1.80 bits per heavy atom. The van der Waals surface area contributed by atoms with Crippen LogP contribution >= 0.6 is 0 Å². The van der Waals surface area contributed by atoms with E-state index in [-0.39, 0.29) is 73.1 Å². The zero-order valence-corrected chi connectivity index (χ0v) is 37.6. The third-order valence-corrected chi connectivity index (χ3v) is 13.0. The van der Waals surface area contributed by atoms with Crippen LogP contribution < -0.4 is 21.3 Å². The fraction of sp³-hybridized carbons (Fsp3) is 0.510. The molecule has 64 heavy (non-hydrogen) atoms. The second kappa shape index (κ2) is 22.7. The second-order valence-corrected chi connectivity index (χ2v) is 18.1. The molecule has 3 aliphatic rings. The van der Waals surface area contributed by atoms with Crippen molar-refractivity contribution in [3.05, 3.63) is 108 Å². The maximum absolute atomic E-state index is 14.1. The van der Waals surface area contributed by atoms with E-state index in [0.717, 1.165) is 63.4 Å². The third kappa shape index (κ3) is 12.7. The first-order chi connectivity index (χ1) is 31.2. The average Bonchev–Trinajstić information content (AvgIpc) is 4.15. The number of likely N-dealkylation sites (tertiary alicyclic amines) is 1. The molecular weight excluding hydrogens is 805 g/mol. The molecule has 1 aromatic heterocycles. The summed E-state index contributed by atoms with van der Waals surface area (Å²) in [6.45, 7) is 5.26. The van der Waals surface area contributed by atoms with Crippen LogP contribution in [0.5, 0.6) is 0 Å². The summed E-state index contributed by atoms with van der Waals surface area (Å²) in [5, 5.41) is 21.0. The molecule has 3 aromatic carbocycles. The van der Waals surface area contributed by atoms with E-state index in [0.29, 0.717) is 24.2 Å². The summed E-state index contributed by atoms with van der Waals surface area (Å²) in [4.78, 5) is 69.8. The maximum atomic E-state index is 14.1. The van der Waals surface area contributed by atoms with E-state index in [4.69, 9.17) is 0 Å². The van der Waals surface area contributed by atoms with Crippen LogP contribution in [0.3, 0.4) is 0 Å². The zero-order chi connectivity index (χ0) is 44.8. The van der Waals surface area contributed by atoms with Gasteiger partial charge in [0.1, 0.15) is 11.7 Å². The number of amides is 5. The minimum Gasteiger partial charge on any atom is -0.354 e. The molecule has 5 amide bonds. The Balaban J connectivity index is 0.974. The molecule has 0 radical (unpaired) electrons. The molecule has 7 atom stereocenters. The number of hydrogen-bond acceptors (Lipinski definition) is 7. The summed E-state index contributed by atoms with van der Waals surface area (Å²) in [5.74, 6) is -1.95. The van der Waals surface area contributed by atoms with E-state index >= 15 is 0 Å². The van der Waals surface area contributed by atoms with Crippen molar-refractivity contribution in [1.82, 2.24) is 41.2 Å². The average molecular weight is 871 g/mol. The number of carbonyl (C=O) groups excluding carboxylic acids is 5. The molecule has 2 heterocycles. The molecule has 2 saturated carbocycles. The molecule has 4 N–H and O–H groups in total. The Kier molecular flexibility index (Phi) is 16.3. The number of rotatable bonds is 24. The molecule has 1 aliphatic heterocycles. The molecule has 13 heteroatoms. The van der Waals surface area contributed by atoms with Crippen molar-refractivity contribution in [2.24, 2.45) is 11.8 Å². The molecule has 0 unspecified atom stereocenters. The first kappa shape index (κ1) is 46.2. The van der Waals surface area contributed by atoms with Gasteiger partial charge in [-0.05, 0) is 48.9 Å². The maximum Gasteiger partial charge on any atom is 0.253 e. The van der Waals surface area contributed by atoms with Gasteiger partial charge in [-0.15, -0.1) is 5.10 Å². The van der Waals surface area contributed by atoms with Crippen LogP contribution in [-0.2, 0) is 25.7 Å². The lowest BCUT2D eigenvalue weighted by atomic mass is 9.94. The number of hydrogen-bond donors (Lipinski definition) is 4. The van der Waals surface area contributed by atoms with Crippen molar-refractivity contribution in [1.29, 1.82) is 0 Å². The first-order valence-electron chi connectivity index (χ1n) is 23.8. The second-order valence-electron chi connectivity index (χ2n) is 18.1. The highest BCUT2D eigenvalue weighted by Crippen LogP contribution is 2.42. The van der Waals surface area contributed by atoms with E-state index in [1.807, 2.05) is 36.4 Å². The summed E-state index contributed by atoms with van der Waals surface area (Å²) >= 11 is 0. The van der Waals surface area contributed by atoms with Gasteiger partial charge >= 0.3 is 0 Å². The van der Waals surface area contributed by atoms with Gasteiger partial charge in [-0.25, -0.2) is 4.68 Å². The first-order valence-corrected chi connectivity index (χ1v) is 23.8. The predicted octanol–water partition coefficient (Wildman–Crippen LogP) is 6.91. The van der Waals surface area contributed by atoms with Crippen LogP contribution in [0.2, 0.25) is 0 Å². The lowest BCUT2D eigenvalue weighted by Gasteiger charge is -2.18. The van der Waals surface area contributed by atoms with Crippen molar-refractivity contribution in [3.63, 3.8) is 0 Å². The van der Waals surface area contributed by atoms with Crippen molar-refractivity contribution >= 4 is 29.5 Å². The third-order valence-electron chi connectivity index (χ3n) is 13.0. The van der Waals surface area contributed by atoms with E-state index in [1.165, 1.54) is 30.4 Å². The molecule has 2 aliphatic carbocycles. The highest BCUT2D eigenvalue weighted by atomic mass is 16.2. The van der Waals surface area contributed by atoms with Gasteiger partial charge in [-0.3, -0.25) is 24.0 Å². The summed E-state index contributed by atoms with van der Waals surface area (Å²) < 4.78 is 1.56. The summed E-state index contributed by atoms with van der Waals surface area (Å²) in [6, 6.07) is 26.5. The Hall–Kier alpha value is -5.85. The van der Waals surface area contributed by atoms with E-state index in [9.17, 15) is 24.0 Å². The van der Waals surface area contributed by atoms with Crippen LogP contribution in [0.25, 0.3) is 11.3 Å². The normalized spacial score (nSPS) is 21.4. The van der Waals surface area contributed by atoms with Crippen molar-refractivity contribution in [2.75, 3.05) is 19.6 Å². The van der Waals surface area contributed by atoms with Crippen molar-refractivity contribution in [2.45, 2.75) is 134 Å². The van der Waals surface area contributed by atoms with Crippen LogP contribution in [-0.4, -0.2) is 87.2 Å². The molecule has 3 fully saturated rings. The van der Waals surface area contributed by atoms with Gasteiger partial charge in [0.25, 0.3) is 5.91 Å². The SMILES string of the molecule is CCCCCCCCC(=O)N[C@@H](Cn1cc(-c2ccc(C(=O)N3C[C@@H](C(=O)N[C@H]4C[C@@H]4c4ccccc4)[C@H](C(=O)N[C@H]4C[C@@H]4c4ccccc4)C3)cc2)nn1)C(=O)NCCCCCC. The smallest absolute Gasteiger partial charge is 0.253 e. The minimum absolute atomic E-state index is 0.00298. The van der Waals surface area contributed by atoms with Gasteiger partial charge in [0, 0.05) is 61.1 Å². The molecule has 4 aromatic rings. The van der Waals surface area contributed by atoms with Crippen LogP contribution in [0, 0.1) is 11.8 Å². The number of benzene rings is 3. The predicted molar refractivity (Wildman–Crippen MR) is 247 cm³/mol. The van der Waals surface area contributed by atoms with Gasteiger partial charge in [0.15, 0.2) is 0 Å². The highest BCUT2D eigenvalue weighted by molar-refractivity contribution is 5.97. The number of unbranched alkanes of at least 4 members (excludes halogenated alkanes) is 8. The highest BCUT2D eigenvalue weighted by Gasteiger charge is 2.49. The fourth-order valence-corrected chi connectivity index (χ4v) is 9.01. The van der Waals surface area contributed by atoms with Gasteiger partial charge in [-0.2, -0.15) is 0 Å². The molecule has 13 nitrogen and oxygen atoms in total. The Bertz CT molecular complexity index is 2090. The fourth-order valence-electron chi connectivity index (χ4n) is 9.01. The topological polar surface area (TPSA) is 167 Å². The summed E-state index contributed by atoms with van der Waals surface area (Å²) in [5.41, 5.74) is 4.06. The number of aromatic nitrogens is 3. The van der Waals surface area contributed by atoms with E-state index in [2.05, 4.69) is 69.7 Å². The zero-order valence-electron chi connectivity index (χ0n) is 37.6. The summed E-state index contributed by atoms with van der Waals surface area (Å²) in [7, 11) is 0. The standard InChI is InChI=1S/C51H66N8O5/c1-3-5-7-9-10-17-23-47(60)53-46(50(63)52-28-18-8-6-4-2)34-59-33-45(56-57-59)37-24-26-38(27-25-37)51(64)58-31-41(48(61)54-43-29-39(43)35-19-13-11-14-20-35)42(32-58)49(62)55-44-30-40(44)36-21-15-12-16-22-36/h11-16,19-22,24-27,33,39-44,46H,3-10,17-18,23,28-32,34H2,1-2H3,(H,52,63)(H,53,60)(H,54,61)(H,55,62)/t39-,40-,41-,42-,43+,44+,46+/m1/s1. The van der Waals surface area contributed by atoms with Gasteiger partial charge < -0.3 is 26.2 Å².